The van der Waals surface area contributed by atoms with Gasteiger partial charge in [0.25, 0.3) is 0 Å². The van der Waals surface area contributed by atoms with Crippen LogP contribution in [0.2, 0.25) is 0 Å². The van der Waals surface area contributed by atoms with Crippen LogP contribution in [0.4, 0.5) is 10.2 Å². The Hall–Kier alpha value is -4.13. The van der Waals surface area contributed by atoms with Crippen molar-refractivity contribution in [2.75, 3.05) is 11.9 Å². The number of nitrogens with one attached hydrogen (secondary N) is 1. The van der Waals surface area contributed by atoms with E-state index in [4.69, 9.17) is 10.1 Å². The van der Waals surface area contributed by atoms with Crippen LogP contribution in [0.3, 0.4) is 0 Å². The Balaban J connectivity index is 1.87. The number of aliphatic carboxylic acids is 1. The zero-order valence-corrected chi connectivity index (χ0v) is 17.1. The van der Waals surface area contributed by atoms with Crippen LogP contribution in [0, 0.1) is 5.82 Å². The predicted octanol–water partition coefficient (Wildman–Crippen LogP) is 4.47. The van der Waals surface area contributed by atoms with Gasteiger partial charge in [0.1, 0.15) is 18.2 Å². The minimum Gasteiger partial charge on any atom is -0.480 e. The molecule has 0 bridgehead atoms. The average Bonchev–Trinajstić information content (AvgIpc) is 2.83. The number of hydrogen-bond donors (Lipinski definition) is 2. The fourth-order valence-electron chi connectivity index (χ4n) is 3.79. The van der Waals surface area contributed by atoms with Gasteiger partial charge in [-0.05, 0) is 53.1 Å². The van der Waals surface area contributed by atoms with Crippen LogP contribution in [-0.2, 0) is 4.79 Å². The summed E-state index contributed by atoms with van der Waals surface area (Å²) < 4.78 is 13.7. The topological polar surface area (TPSA) is 88.0 Å². The number of halogens is 1. The first-order chi connectivity index (χ1) is 15.6. The third kappa shape index (κ3) is 4.95. The smallest absolute Gasteiger partial charge is 0.322 e. The molecule has 0 aliphatic carbocycles. The van der Waals surface area contributed by atoms with E-state index < -0.39 is 5.97 Å². The molecule has 0 amide bonds. The van der Waals surface area contributed by atoms with Gasteiger partial charge in [-0.25, -0.2) is 9.37 Å². The van der Waals surface area contributed by atoms with Crippen molar-refractivity contribution < 1.29 is 14.3 Å². The van der Waals surface area contributed by atoms with E-state index >= 15 is 0 Å². The zero-order valence-electron chi connectivity index (χ0n) is 17.1. The molecule has 6 nitrogen and oxygen atoms in total. The highest BCUT2D eigenvalue weighted by atomic mass is 19.1. The Labute approximate surface area is 184 Å². The van der Waals surface area contributed by atoms with Crippen LogP contribution in [0.5, 0.6) is 0 Å². The van der Waals surface area contributed by atoms with Gasteiger partial charge >= 0.3 is 5.97 Å². The molecule has 0 fully saturated rings. The Bertz CT molecular complexity index is 1130. The minimum atomic E-state index is -0.976. The first kappa shape index (κ1) is 21.1. The van der Waals surface area contributed by atoms with E-state index in [2.05, 4.69) is 15.3 Å². The van der Waals surface area contributed by atoms with E-state index in [9.17, 15) is 9.18 Å². The lowest BCUT2D eigenvalue weighted by atomic mass is 9.76. The summed E-state index contributed by atoms with van der Waals surface area (Å²) in [4.78, 5) is 24.3. The van der Waals surface area contributed by atoms with Gasteiger partial charge in [0, 0.05) is 36.6 Å². The molecule has 160 valence electrons. The summed E-state index contributed by atoms with van der Waals surface area (Å²) in [5.41, 5.74) is 3.50. The zero-order chi connectivity index (χ0) is 22.3. The summed E-state index contributed by atoms with van der Waals surface area (Å²) >= 11 is 0. The number of hydrogen-bond acceptors (Lipinski definition) is 5. The largest absolute Gasteiger partial charge is 0.480 e. The van der Waals surface area contributed by atoms with Crippen molar-refractivity contribution in [1.29, 1.82) is 0 Å². The van der Waals surface area contributed by atoms with Gasteiger partial charge < -0.3 is 10.4 Å². The van der Waals surface area contributed by atoms with Crippen LogP contribution in [0.25, 0.3) is 0 Å². The molecule has 0 aliphatic heterocycles. The highest BCUT2D eigenvalue weighted by Gasteiger charge is 2.30. The molecule has 0 spiro atoms. The van der Waals surface area contributed by atoms with Crippen molar-refractivity contribution in [2.45, 2.75) is 11.8 Å². The number of anilines is 1. The van der Waals surface area contributed by atoms with Crippen molar-refractivity contribution >= 4 is 11.8 Å². The number of benzene rings is 1. The molecule has 4 rings (SSSR count). The van der Waals surface area contributed by atoms with Crippen LogP contribution >= 0.6 is 0 Å². The van der Waals surface area contributed by atoms with Crippen LogP contribution in [-0.4, -0.2) is 32.6 Å². The van der Waals surface area contributed by atoms with Crippen molar-refractivity contribution in [3.63, 3.8) is 0 Å². The third-order valence-electron chi connectivity index (χ3n) is 5.16. The molecule has 3 heterocycles. The Morgan fingerprint density at radius 1 is 0.844 bits per heavy atom. The van der Waals surface area contributed by atoms with Gasteiger partial charge in [0.05, 0.1) is 5.69 Å². The second-order valence-corrected chi connectivity index (χ2v) is 7.27. The van der Waals surface area contributed by atoms with Crippen molar-refractivity contribution in [3.8, 4) is 0 Å². The number of rotatable bonds is 8. The van der Waals surface area contributed by atoms with Crippen molar-refractivity contribution in [3.05, 3.63) is 120 Å². The van der Waals surface area contributed by atoms with Gasteiger partial charge in [-0.1, -0.05) is 30.3 Å². The highest BCUT2D eigenvalue weighted by Crippen LogP contribution is 2.42. The van der Waals surface area contributed by atoms with E-state index in [1.165, 1.54) is 12.1 Å². The molecule has 2 N–H and O–H groups in total. The molecule has 3 aromatic heterocycles. The number of nitrogens with zero attached hydrogens (tertiary/aromatic N) is 3. The van der Waals surface area contributed by atoms with E-state index in [1.54, 1.807) is 43.0 Å². The Kier molecular flexibility index (Phi) is 6.46. The van der Waals surface area contributed by atoms with Crippen molar-refractivity contribution in [1.82, 2.24) is 15.0 Å². The monoisotopic (exact) mass is 428 g/mol. The lowest BCUT2D eigenvalue weighted by molar-refractivity contribution is -0.134. The molecule has 0 saturated carbocycles. The molecule has 7 heteroatoms. The second kappa shape index (κ2) is 9.78. The molecule has 1 atom stereocenters. The van der Waals surface area contributed by atoms with E-state index in [1.807, 2.05) is 36.4 Å². The first-order valence-corrected chi connectivity index (χ1v) is 10.1. The molecule has 0 saturated heterocycles. The fraction of sp³-hybridized carbons (Fsp3) is 0.120. The second-order valence-electron chi connectivity index (χ2n) is 7.27. The number of pyridine rings is 3. The molecular weight excluding hydrogens is 407 g/mol. The van der Waals surface area contributed by atoms with Crippen LogP contribution in [0.1, 0.15) is 34.2 Å². The van der Waals surface area contributed by atoms with Gasteiger partial charge in [-0.15, -0.1) is 0 Å². The number of carboxylic acids is 1. The first-order valence-electron chi connectivity index (χ1n) is 10.1. The van der Waals surface area contributed by atoms with E-state index in [0.29, 0.717) is 11.5 Å². The Morgan fingerprint density at radius 2 is 1.50 bits per heavy atom. The van der Waals surface area contributed by atoms with Crippen molar-refractivity contribution in [2.24, 2.45) is 0 Å². The number of carbonyl (C=O) groups is 1. The molecule has 4 aromatic rings. The standard InChI is InChI=1S/C25H21FN4O2/c26-20-10-8-17(9-11-20)25(21-6-1-7-22(30-21)29-16-23(31)32)24(18-4-2-12-27-14-18)19-5-3-13-28-15-19/h1-15,24-25H,16H2,(H,29,30)(H,31,32). The summed E-state index contributed by atoms with van der Waals surface area (Å²) in [7, 11) is 0. The summed E-state index contributed by atoms with van der Waals surface area (Å²) in [6.07, 6.45) is 7.04. The third-order valence-corrected chi connectivity index (χ3v) is 5.16. The quantitative estimate of drug-likeness (QED) is 0.431. The summed E-state index contributed by atoms with van der Waals surface area (Å²) in [5, 5.41) is 11.8. The maximum atomic E-state index is 13.7. The summed E-state index contributed by atoms with van der Waals surface area (Å²) in [6.45, 7) is -0.244. The molecule has 0 radical (unpaired) electrons. The predicted molar refractivity (Wildman–Crippen MR) is 119 cm³/mol. The number of aromatic nitrogens is 3. The van der Waals surface area contributed by atoms with Gasteiger partial charge in [0.15, 0.2) is 0 Å². The summed E-state index contributed by atoms with van der Waals surface area (Å²) in [6, 6.07) is 19.5. The van der Waals surface area contributed by atoms with E-state index in [-0.39, 0.29) is 24.2 Å². The normalized spacial score (nSPS) is 11.8. The maximum Gasteiger partial charge on any atom is 0.322 e. The lowest BCUT2D eigenvalue weighted by Crippen LogP contribution is -2.18. The lowest BCUT2D eigenvalue weighted by Gasteiger charge is -2.28. The fourth-order valence-corrected chi connectivity index (χ4v) is 3.79. The van der Waals surface area contributed by atoms with Crippen LogP contribution < -0.4 is 5.32 Å². The average molecular weight is 428 g/mol. The highest BCUT2D eigenvalue weighted by molar-refractivity contribution is 5.72. The SMILES string of the molecule is O=C(O)CNc1cccc(C(c2ccc(F)cc2)C(c2cccnc2)c2cccnc2)n1. The van der Waals surface area contributed by atoms with E-state index in [0.717, 1.165) is 16.7 Å². The molecule has 1 aromatic carbocycles. The minimum absolute atomic E-state index is 0.204. The molecule has 0 aliphatic rings. The molecule has 1 unspecified atom stereocenters. The molecule has 32 heavy (non-hydrogen) atoms. The Morgan fingerprint density at radius 3 is 2.06 bits per heavy atom. The molecular formula is C25H21FN4O2. The number of carboxylic acid groups (broad SMARTS) is 1. The summed E-state index contributed by atoms with van der Waals surface area (Å²) in [5.74, 6) is -1.35. The van der Waals surface area contributed by atoms with Gasteiger partial charge in [-0.2, -0.15) is 0 Å². The van der Waals surface area contributed by atoms with Gasteiger partial charge in [-0.3, -0.25) is 14.8 Å². The maximum absolute atomic E-state index is 13.7. The van der Waals surface area contributed by atoms with Crippen LogP contribution in [0.15, 0.2) is 91.5 Å². The van der Waals surface area contributed by atoms with Gasteiger partial charge in [0.2, 0.25) is 0 Å².